The van der Waals surface area contributed by atoms with Gasteiger partial charge in [0.15, 0.2) is 0 Å². The number of nitrogens with zero attached hydrogens (tertiary/aromatic N) is 1. The number of hydrogen-bond donors (Lipinski definition) is 2. The highest BCUT2D eigenvalue weighted by atomic mass is 32.1. The van der Waals surface area contributed by atoms with E-state index in [9.17, 15) is 13.2 Å². The van der Waals surface area contributed by atoms with E-state index in [1.165, 1.54) is 31.0 Å². The summed E-state index contributed by atoms with van der Waals surface area (Å²) < 4.78 is 37.6. The molecule has 0 aliphatic carbocycles. The standard InChI is InChI=1S/C19H22F3N3S/c1-2-3-4-5-6-13-8-10-26-18(13)14-7-9-25-16(11-14)15(23)12-17(24)19(20,21)22/h7-12,23H,2-6,24H2,1H3. The van der Waals surface area contributed by atoms with Crippen molar-refractivity contribution in [2.24, 2.45) is 5.73 Å². The lowest BCUT2D eigenvalue weighted by atomic mass is 10.0. The van der Waals surface area contributed by atoms with Crippen LogP contribution in [-0.2, 0) is 6.42 Å². The Kier molecular flexibility index (Phi) is 6.97. The number of hydrogen-bond acceptors (Lipinski definition) is 4. The van der Waals surface area contributed by atoms with E-state index in [-0.39, 0.29) is 11.4 Å². The minimum absolute atomic E-state index is 0.167. The molecule has 0 atom stereocenters. The van der Waals surface area contributed by atoms with Crippen LogP contribution in [0.25, 0.3) is 10.4 Å². The first-order chi connectivity index (χ1) is 12.3. The SMILES string of the molecule is CCCCCCc1ccsc1-c1ccnc(C(=N)C=C(N)C(F)(F)F)c1. The predicted octanol–water partition coefficient (Wildman–Crippen LogP) is 5.71. The van der Waals surface area contributed by atoms with Crippen LogP contribution in [0.3, 0.4) is 0 Å². The molecule has 2 aromatic heterocycles. The number of alkyl halides is 3. The normalized spacial score (nSPS) is 12.4. The highest BCUT2D eigenvalue weighted by Crippen LogP contribution is 2.31. The fourth-order valence-electron chi connectivity index (χ4n) is 2.56. The van der Waals surface area contributed by atoms with E-state index in [2.05, 4.69) is 18.0 Å². The Labute approximate surface area is 155 Å². The third-order valence-electron chi connectivity index (χ3n) is 3.97. The van der Waals surface area contributed by atoms with Crippen LogP contribution in [0.5, 0.6) is 0 Å². The summed E-state index contributed by atoms with van der Waals surface area (Å²) in [5.74, 6) is 0. The van der Waals surface area contributed by atoms with Crippen molar-refractivity contribution < 1.29 is 13.2 Å². The molecule has 3 nitrogen and oxygen atoms in total. The van der Waals surface area contributed by atoms with Gasteiger partial charge in [0.05, 0.1) is 11.4 Å². The monoisotopic (exact) mass is 381 g/mol. The van der Waals surface area contributed by atoms with E-state index in [0.717, 1.165) is 23.3 Å². The Morgan fingerprint density at radius 1 is 1.27 bits per heavy atom. The molecule has 3 N–H and O–H groups in total. The van der Waals surface area contributed by atoms with Crippen molar-refractivity contribution in [3.05, 3.63) is 52.8 Å². The molecule has 0 unspecified atom stereocenters. The molecule has 2 rings (SSSR count). The van der Waals surface area contributed by atoms with Crippen molar-refractivity contribution in [3.8, 4) is 10.4 Å². The number of allylic oxidation sites excluding steroid dienone is 2. The van der Waals surface area contributed by atoms with Crippen molar-refractivity contribution in [1.29, 1.82) is 5.41 Å². The van der Waals surface area contributed by atoms with Gasteiger partial charge in [-0.15, -0.1) is 11.3 Å². The summed E-state index contributed by atoms with van der Waals surface area (Å²) in [6.07, 6.45) is 3.11. The zero-order valence-corrected chi connectivity index (χ0v) is 15.4. The highest BCUT2D eigenvalue weighted by Gasteiger charge is 2.31. The number of halogens is 3. The summed E-state index contributed by atoms with van der Waals surface area (Å²) in [5, 5.41) is 9.87. The molecule has 0 saturated carbocycles. The molecule has 26 heavy (non-hydrogen) atoms. The first-order valence-corrected chi connectivity index (χ1v) is 9.37. The molecule has 0 aliphatic heterocycles. The van der Waals surface area contributed by atoms with Gasteiger partial charge in [0, 0.05) is 11.1 Å². The highest BCUT2D eigenvalue weighted by molar-refractivity contribution is 7.13. The van der Waals surface area contributed by atoms with Crippen molar-refractivity contribution >= 4 is 17.0 Å². The predicted molar refractivity (Wildman–Crippen MR) is 101 cm³/mol. The van der Waals surface area contributed by atoms with E-state index in [1.807, 2.05) is 11.4 Å². The fraction of sp³-hybridized carbons (Fsp3) is 0.368. The summed E-state index contributed by atoms with van der Waals surface area (Å²) in [6, 6.07) is 5.54. The van der Waals surface area contributed by atoms with E-state index >= 15 is 0 Å². The van der Waals surface area contributed by atoms with Crippen LogP contribution in [0, 0.1) is 5.41 Å². The molecular formula is C19H22F3N3S. The second-order valence-corrected chi connectivity index (χ2v) is 6.94. The lowest BCUT2D eigenvalue weighted by Crippen LogP contribution is -2.20. The van der Waals surface area contributed by atoms with Gasteiger partial charge in [-0.1, -0.05) is 26.2 Å². The smallest absolute Gasteiger partial charge is 0.395 e. The Hall–Kier alpha value is -2.15. The van der Waals surface area contributed by atoms with Crippen molar-refractivity contribution in [2.75, 3.05) is 0 Å². The lowest BCUT2D eigenvalue weighted by molar-refractivity contribution is -0.0925. The van der Waals surface area contributed by atoms with Crippen molar-refractivity contribution in [2.45, 2.75) is 45.2 Å². The average Bonchev–Trinajstić information content (AvgIpc) is 3.06. The van der Waals surface area contributed by atoms with Crippen LogP contribution in [0.1, 0.15) is 43.9 Å². The van der Waals surface area contributed by atoms with Gasteiger partial charge >= 0.3 is 6.18 Å². The molecule has 0 aliphatic rings. The number of aromatic nitrogens is 1. The lowest BCUT2D eigenvalue weighted by Gasteiger charge is -2.08. The number of pyridine rings is 1. The van der Waals surface area contributed by atoms with Crippen LogP contribution < -0.4 is 5.73 Å². The minimum atomic E-state index is -4.65. The summed E-state index contributed by atoms with van der Waals surface area (Å²) in [6.45, 7) is 2.17. The maximum atomic E-state index is 12.5. The molecule has 0 fully saturated rings. The number of unbranched alkanes of at least 4 members (excludes halogenated alkanes) is 3. The molecule has 0 spiro atoms. The first kappa shape index (κ1) is 20.2. The number of nitrogens with two attached hydrogens (primary N) is 1. The molecule has 7 heteroatoms. The number of thiophene rings is 1. The molecule has 2 heterocycles. The van der Waals surface area contributed by atoms with Gasteiger partial charge in [-0.3, -0.25) is 10.4 Å². The molecule has 0 radical (unpaired) electrons. The van der Waals surface area contributed by atoms with Crippen molar-refractivity contribution in [1.82, 2.24) is 4.98 Å². The second kappa shape index (κ2) is 8.98. The Morgan fingerprint density at radius 2 is 2.04 bits per heavy atom. The van der Waals surface area contributed by atoms with Gasteiger partial charge in [0.1, 0.15) is 5.70 Å². The molecule has 0 saturated heterocycles. The Morgan fingerprint density at radius 3 is 2.73 bits per heavy atom. The molecule has 140 valence electrons. The average molecular weight is 381 g/mol. The summed E-state index contributed by atoms with van der Waals surface area (Å²) in [4.78, 5) is 5.09. The van der Waals surface area contributed by atoms with E-state index < -0.39 is 11.9 Å². The molecule has 0 amide bonds. The zero-order valence-electron chi connectivity index (χ0n) is 14.6. The van der Waals surface area contributed by atoms with Crippen LogP contribution in [-0.4, -0.2) is 16.9 Å². The number of nitrogens with one attached hydrogen (secondary N) is 1. The summed E-state index contributed by atoms with van der Waals surface area (Å²) in [7, 11) is 0. The summed E-state index contributed by atoms with van der Waals surface area (Å²) >= 11 is 1.59. The van der Waals surface area contributed by atoms with Crippen LogP contribution >= 0.6 is 11.3 Å². The van der Waals surface area contributed by atoms with Gasteiger partial charge in [0.25, 0.3) is 0 Å². The van der Waals surface area contributed by atoms with Crippen LogP contribution in [0.4, 0.5) is 13.2 Å². The quantitative estimate of drug-likeness (QED) is 0.455. The molecule has 0 bridgehead atoms. The maximum Gasteiger partial charge on any atom is 0.430 e. The maximum absolute atomic E-state index is 12.5. The molecule has 2 aromatic rings. The van der Waals surface area contributed by atoms with Crippen LogP contribution in [0.2, 0.25) is 0 Å². The minimum Gasteiger partial charge on any atom is -0.395 e. The number of aryl methyl sites for hydroxylation is 1. The van der Waals surface area contributed by atoms with Crippen LogP contribution in [0.15, 0.2) is 41.5 Å². The summed E-state index contributed by atoms with van der Waals surface area (Å²) in [5.41, 5.74) is 5.58. The van der Waals surface area contributed by atoms with E-state index in [0.29, 0.717) is 6.08 Å². The van der Waals surface area contributed by atoms with Gasteiger partial charge in [0.2, 0.25) is 0 Å². The van der Waals surface area contributed by atoms with E-state index in [1.54, 1.807) is 17.4 Å². The van der Waals surface area contributed by atoms with Gasteiger partial charge in [-0.05, 0) is 53.6 Å². The van der Waals surface area contributed by atoms with Gasteiger partial charge in [-0.25, -0.2) is 0 Å². The third kappa shape index (κ3) is 5.42. The van der Waals surface area contributed by atoms with Crippen molar-refractivity contribution in [3.63, 3.8) is 0 Å². The number of rotatable bonds is 8. The van der Waals surface area contributed by atoms with E-state index in [4.69, 9.17) is 11.1 Å². The van der Waals surface area contributed by atoms with Gasteiger partial charge < -0.3 is 5.73 Å². The van der Waals surface area contributed by atoms with Gasteiger partial charge in [-0.2, -0.15) is 13.2 Å². The Bertz CT molecular complexity index is 778. The fourth-order valence-corrected chi connectivity index (χ4v) is 3.51. The topological polar surface area (TPSA) is 62.8 Å². The zero-order chi connectivity index (χ0) is 19.2. The third-order valence-corrected chi connectivity index (χ3v) is 4.98. The first-order valence-electron chi connectivity index (χ1n) is 8.49. The molecule has 0 aromatic carbocycles. The Balaban J connectivity index is 2.20. The second-order valence-electron chi connectivity index (χ2n) is 6.03. The largest absolute Gasteiger partial charge is 0.430 e. The molecular weight excluding hydrogens is 359 g/mol.